The topological polar surface area (TPSA) is 77.1 Å². The van der Waals surface area contributed by atoms with Crippen molar-refractivity contribution in [1.82, 2.24) is 24.4 Å². The fourth-order valence-electron chi connectivity index (χ4n) is 4.22. The summed E-state index contributed by atoms with van der Waals surface area (Å²) in [5.74, 6) is -0.496. The molecule has 1 amide bonds. The number of nitrogens with zero attached hydrogens (tertiary/aromatic N) is 5. The predicted molar refractivity (Wildman–Crippen MR) is 133 cm³/mol. The van der Waals surface area contributed by atoms with Crippen molar-refractivity contribution >= 4 is 17.2 Å². The number of anilines is 1. The predicted octanol–water partition coefficient (Wildman–Crippen LogP) is 5.76. The lowest BCUT2D eigenvalue weighted by molar-refractivity contribution is 0.102. The van der Waals surface area contributed by atoms with E-state index in [1.54, 1.807) is 24.3 Å². The van der Waals surface area contributed by atoms with Gasteiger partial charge in [0.05, 0.1) is 35.5 Å². The van der Waals surface area contributed by atoms with E-state index in [0.29, 0.717) is 29.2 Å². The lowest BCUT2D eigenvalue weighted by Crippen LogP contribution is -2.14. The van der Waals surface area contributed by atoms with Crippen molar-refractivity contribution in [2.75, 3.05) is 5.32 Å². The van der Waals surface area contributed by atoms with Crippen LogP contribution in [0.5, 0.6) is 0 Å². The molecule has 0 bridgehead atoms. The van der Waals surface area contributed by atoms with E-state index in [-0.39, 0.29) is 16.9 Å². The SMILES string of the molecule is Cc1ccccc1Cn1nc(C)c(NC(=O)c2cnn3c(C(F)F)cc(-c4ccccc4)nc23)c1C. The van der Waals surface area contributed by atoms with Crippen molar-refractivity contribution in [3.8, 4) is 11.3 Å². The first-order valence-electron chi connectivity index (χ1n) is 11.5. The summed E-state index contributed by atoms with van der Waals surface area (Å²) in [6.07, 6.45) is -1.53. The Balaban J connectivity index is 1.50. The van der Waals surface area contributed by atoms with Crippen LogP contribution < -0.4 is 5.32 Å². The molecule has 0 aliphatic heterocycles. The van der Waals surface area contributed by atoms with Crippen molar-refractivity contribution in [3.63, 3.8) is 0 Å². The monoisotopic (exact) mass is 486 g/mol. The van der Waals surface area contributed by atoms with Gasteiger partial charge in [-0.2, -0.15) is 10.2 Å². The van der Waals surface area contributed by atoms with Gasteiger partial charge in [-0.3, -0.25) is 9.48 Å². The molecule has 0 atom stereocenters. The number of carbonyl (C=O) groups is 1. The molecule has 7 nitrogen and oxygen atoms in total. The van der Waals surface area contributed by atoms with Gasteiger partial charge >= 0.3 is 0 Å². The Morgan fingerprint density at radius 1 is 1.03 bits per heavy atom. The molecule has 3 heterocycles. The minimum Gasteiger partial charge on any atom is -0.319 e. The number of nitrogens with one attached hydrogen (secondary N) is 1. The normalized spacial score (nSPS) is 11.4. The summed E-state index contributed by atoms with van der Waals surface area (Å²) in [5.41, 5.74) is 5.11. The molecule has 2 aromatic carbocycles. The van der Waals surface area contributed by atoms with Gasteiger partial charge in [0.1, 0.15) is 11.3 Å². The number of amides is 1. The highest BCUT2D eigenvalue weighted by molar-refractivity contribution is 6.08. The maximum Gasteiger partial charge on any atom is 0.280 e. The van der Waals surface area contributed by atoms with E-state index in [0.717, 1.165) is 21.3 Å². The summed E-state index contributed by atoms with van der Waals surface area (Å²) in [6.45, 7) is 6.29. The van der Waals surface area contributed by atoms with Crippen molar-refractivity contribution < 1.29 is 13.6 Å². The number of halogens is 2. The van der Waals surface area contributed by atoms with Gasteiger partial charge in [-0.05, 0) is 38.0 Å². The molecule has 5 rings (SSSR count). The number of hydrogen-bond donors (Lipinski definition) is 1. The minimum absolute atomic E-state index is 0.0618. The molecular formula is C27H24F2N6O. The average Bonchev–Trinajstić information content (AvgIpc) is 3.41. The van der Waals surface area contributed by atoms with Crippen molar-refractivity contribution in [3.05, 3.63) is 101 Å². The molecule has 0 saturated carbocycles. The molecule has 9 heteroatoms. The standard InChI is InChI=1S/C27H24F2N6O/c1-16-9-7-8-12-20(16)15-34-18(3)24(17(2)33-34)32-27(36)21-14-30-35-23(25(28)29)13-22(31-26(21)35)19-10-5-4-6-11-19/h4-14,25H,15H2,1-3H3,(H,32,36). The van der Waals surface area contributed by atoms with Gasteiger partial charge < -0.3 is 5.32 Å². The summed E-state index contributed by atoms with van der Waals surface area (Å²) >= 11 is 0. The van der Waals surface area contributed by atoms with Crippen LogP contribution in [0, 0.1) is 20.8 Å². The molecule has 3 aromatic heterocycles. The van der Waals surface area contributed by atoms with E-state index >= 15 is 0 Å². The Labute approximate surface area is 206 Å². The van der Waals surface area contributed by atoms with Crippen LogP contribution in [-0.2, 0) is 6.54 Å². The molecule has 182 valence electrons. The van der Waals surface area contributed by atoms with Crippen molar-refractivity contribution in [1.29, 1.82) is 0 Å². The highest BCUT2D eigenvalue weighted by Gasteiger charge is 2.23. The van der Waals surface area contributed by atoms with Crippen molar-refractivity contribution in [2.45, 2.75) is 33.7 Å². The molecular weight excluding hydrogens is 462 g/mol. The van der Waals surface area contributed by atoms with E-state index in [1.165, 1.54) is 12.3 Å². The van der Waals surface area contributed by atoms with Crippen LogP contribution in [0.3, 0.4) is 0 Å². The smallest absolute Gasteiger partial charge is 0.280 e. The van der Waals surface area contributed by atoms with Gasteiger partial charge in [-0.1, -0.05) is 54.6 Å². The Bertz CT molecular complexity index is 1570. The molecule has 0 radical (unpaired) electrons. The molecule has 0 unspecified atom stereocenters. The van der Waals surface area contributed by atoms with Crippen LogP contribution >= 0.6 is 0 Å². The van der Waals surface area contributed by atoms with Gasteiger partial charge in [0.25, 0.3) is 12.3 Å². The van der Waals surface area contributed by atoms with Crippen LogP contribution in [0.1, 0.15) is 45.0 Å². The number of carbonyl (C=O) groups excluding carboxylic acids is 1. The molecule has 0 aliphatic rings. The van der Waals surface area contributed by atoms with Gasteiger partial charge in [-0.15, -0.1) is 0 Å². The van der Waals surface area contributed by atoms with Crippen LogP contribution in [0.4, 0.5) is 14.5 Å². The summed E-state index contributed by atoms with van der Waals surface area (Å²) in [7, 11) is 0. The Morgan fingerprint density at radius 2 is 1.75 bits per heavy atom. The van der Waals surface area contributed by atoms with E-state index in [9.17, 15) is 13.6 Å². The third-order valence-corrected chi connectivity index (χ3v) is 6.24. The van der Waals surface area contributed by atoms with Gasteiger partial charge in [0.2, 0.25) is 0 Å². The molecule has 36 heavy (non-hydrogen) atoms. The van der Waals surface area contributed by atoms with Crippen LogP contribution in [-0.4, -0.2) is 30.3 Å². The summed E-state index contributed by atoms with van der Waals surface area (Å²) in [4.78, 5) is 17.8. The zero-order valence-electron chi connectivity index (χ0n) is 20.0. The average molecular weight is 487 g/mol. The van der Waals surface area contributed by atoms with Gasteiger partial charge in [0.15, 0.2) is 5.65 Å². The van der Waals surface area contributed by atoms with Crippen LogP contribution in [0.2, 0.25) is 0 Å². The maximum atomic E-state index is 13.9. The molecule has 0 spiro atoms. The van der Waals surface area contributed by atoms with Crippen LogP contribution in [0.15, 0.2) is 66.9 Å². The first-order valence-corrected chi connectivity index (χ1v) is 11.5. The lowest BCUT2D eigenvalue weighted by Gasteiger charge is -2.10. The van der Waals surface area contributed by atoms with E-state index in [4.69, 9.17) is 0 Å². The zero-order valence-corrected chi connectivity index (χ0v) is 20.0. The lowest BCUT2D eigenvalue weighted by atomic mass is 10.1. The highest BCUT2D eigenvalue weighted by Crippen LogP contribution is 2.28. The maximum absolute atomic E-state index is 13.9. The van der Waals surface area contributed by atoms with E-state index < -0.39 is 12.3 Å². The quantitative estimate of drug-likeness (QED) is 0.331. The number of rotatable bonds is 6. The molecule has 5 aromatic rings. The largest absolute Gasteiger partial charge is 0.319 e. The number of alkyl halides is 2. The zero-order chi connectivity index (χ0) is 25.4. The number of fused-ring (bicyclic) bond motifs is 1. The Morgan fingerprint density at radius 3 is 2.47 bits per heavy atom. The second-order valence-electron chi connectivity index (χ2n) is 8.61. The van der Waals surface area contributed by atoms with E-state index in [1.807, 2.05) is 55.8 Å². The summed E-state index contributed by atoms with van der Waals surface area (Å²) in [6, 6.07) is 18.3. The third kappa shape index (κ3) is 4.24. The first-order chi connectivity index (χ1) is 17.3. The van der Waals surface area contributed by atoms with Gasteiger partial charge in [0, 0.05) is 5.56 Å². The summed E-state index contributed by atoms with van der Waals surface area (Å²) in [5, 5.41) is 11.5. The minimum atomic E-state index is -2.79. The molecule has 0 fully saturated rings. The van der Waals surface area contributed by atoms with Gasteiger partial charge in [-0.25, -0.2) is 18.3 Å². The third-order valence-electron chi connectivity index (χ3n) is 6.24. The van der Waals surface area contributed by atoms with Crippen molar-refractivity contribution in [2.24, 2.45) is 0 Å². The first kappa shape index (κ1) is 23.3. The molecule has 1 N–H and O–H groups in total. The fourth-order valence-corrected chi connectivity index (χ4v) is 4.22. The molecule has 0 aliphatic carbocycles. The Kier molecular flexibility index (Phi) is 6.05. The second kappa shape index (κ2) is 9.33. The number of benzene rings is 2. The van der Waals surface area contributed by atoms with E-state index in [2.05, 4.69) is 20.5 Å². The number of hydrogen-bond acceptors (Lipinski definition) is 4. The second-order valence-corrected chi connectivity index (χ2v) is 8.61. The number of aromatic nitrogens is 5. The Hall–Kier alpha value is -4.40. The van der Waals surface area contributed by atoms with Crippen LogP contribution in [0.25, 0.3) is 16.9 Å². The fraction of sp³-hybridized carbons (Fsp3) is 0.185. The summed E-state index contributed by atoms with van der Waals surface area (Å²) < 4.78 is 30.6. The number of aryl methyl sites for hydroxylation is 2. The highest BCUT2D eigenvalue weighted by atomic mass is 19.3. The molecule has 0 saturated heterocycles.